The van der Waals surface area contributed by atoms with Crippen LogP contribution in [0.25, 0.3) is 11.0 Å². The normalized spacial score (nSPS) is 21.7. The van der Waals surface area contributed by atoms with E-state index in [4.69, 9.17) is 0 Å². The van der Waals surface area contributed by atoms with Gasteiger partial charge in [-0.2, -0.15) is 8.78 Å². The van der Waals surface area contributed by atoms with Gasteiger partial charge in [-0.25, -0.2) is 0 Å². The Balaban J connectivity index is 1.97. The lowest BCUT2D eigenvalue weighted by molar-refractivity contribution is 0.129. The number of hydrogen-bond donors (Lipinski definition) is 2. The Morgan fingerprint density at radius 3 is 2.52 bits per heavy atom. The molecule has 8 heteroatoms. The number of alkyl halides is 3. The fraction of sp³-hybridized carbons (Fsp3) is 0.579. The molecule has 0 bridgehead atoms. The minimum absolute atomic E-state index is 0.0473. The Morgan fingerprint density at radius 2 is 1.89 bits per heavy atom. The van der Waals surface area contributed by atoms with Gasteiger partial charge in [-0.15, -0.1) is 0 Å². The Morgan fingerprint density at radius 1 is 1.22 bits per heavy atom. The number of rotatable bonds is 5. The van der Waals surface area contributed by atoms with Gasteiger partial charge in [0.2, 0.25) is 0 Å². The molecule has 1 aromatic heterocycles. The molecule has 2 atom stereocenters. The number of benzene rings is 1. The topological polar surface area (TPSA) is 61.3 Å². The van der Waals surface area contributed by atoms with E-state index in [9.17, 15) is 13.9 Å². The molecule has 1 aliphatic rings. The monoisotopic (exact) mass is 490 g/mol. The first-order valence-corrected chi connectivity index (χ1v) is 10.1. The molecular weight excluding hydrogens is 465 g/mol. The van der Waals surface area contributed by atoms with Crippen molar-refractivity contribution in [3.63, 3.8) is 0 Å². The van der Waals surface area contributed by atoms with E-state index in [0.29, 0.717) is 11.4 Å². The van der Waals surface area contributed by atoms with Gasteiger partial charge in [0.25, 0.3) is 0 Å². The summed E-state index contributed by atoms with van der Waals surface area (Å²) in [5.41, 5.74) is 1.08. The van der Waals surface area contributed by atoms with Crippen LogP contribution >= 0.6 is 22.6 Å². The highest BCUT2D eigenvalue weighted by Crippen LogP contribution is 2.41. The second kappa shape index (κ2) is 7.71. The molecule has 0 radical (unpaired) electrons. The minimum Gasteiger partial charge on any atom is -0.394 e. The molecule has 3 rings (SSSR count). The maximum absolute atomic E-state index is 14.0. The predicted molar refractivity (Wildman–Crippen MR) is 112 cm³/mol. The molecule has 2 aromatic rings. The Hall–Kier alpha value is -1.13. The molecule has 27 heavy (non-hydrogen) atoms. The second-order valence-corrected chi connectivity index (χ2v) is 9.37. The summed E-state index contributed by atoms with van der Waals surface area (Å²) in [5, 5.41) is 13.1. The summed E-state index contributed by atoms with van der Waals surface area (Å²) >= 11 is 1.13. The van der Waals surface area contributed by atoms with E-state index in [2.05, 4.69) is 27.1 Å². The highest BCUT2D eigenvalue weighted by atomic mass is 127. The van der Waals surface area contributed by atoms with E-state index in [1.807, 2.05) is 13.8 Å². The number of piperidine rings is 1. The van der Waals surface area contributed by atoms with Crippen molar-refractivity contribution in [2.75, 3.05) is 24.6 Å². The zero-order valence-corrected chi connectivity index (χ0v) is 17.9. The van der Waals surface area contributed by atoms with Crippen molar-refractivity contribution in [2.24, 2.45) is 5.92 Å². The van der Waals surface area contributed by atoms with Gasteiger partial charge in [0.1, 0.15) is 11.0 Å². The van der Waals surface area contributed by atoms with E-state index >= 15 is 0 Å². The average molecular weight is 490 g/mol. The lowest BCUT2D eigenvalue weighted by Crippen LogP contribution is -2.56. The maximum Gasteiger partial charge on any atom is 0.323 e. The molecule has 148 valence electrons. The SMILES string of the molecule is C[C@H]1C[C@@H](NC(C)(C)CO)CN(c2ccc(C(F)(F)I)c3nccnc23)C1. The smallest absolute Gasteiger partial charge is 0.323 e. The van der Waals surface area contributed by atoms with Crippen LogP contribution in [0, 0.1) is 5.92 Å². The fourth-order valence-electron chi connectivity index (χ4n) is 3.78. The summed E-state index contributed by atoms with van der Waals surface area (Å²) in [6, 6.07) is 3.37. The first kappa shape index (κ1) is 20.6. The van der Waals surface area contributed by atoms with Crippen LogP contribution in [-0.4, -0.2) is 46.4 Å². The Kier molecular flexibility index (Phi) is 5.88. The Labute approximate surface area is 171 Å². The number of aliphatic hydroxyl groups excluding tert-OH is 1. The van der Waals surface area contributed by atoms with Crippen molar-refractivity contribution in [3.05, 3.63) is 30.1 Å². The summed E-state index contributed by atoms with van der Waals surface area (Å²) in [4.78, 5) is 10.7. The third-order valence-corrected chi connectivity index (χ3v) is 5.48. The number of anilines is 1. The second-order valence-electron chi connectivity index (χ2n) is 8.01. The van der Waals surface area contributed by atoms with Crippen LogP contribution in [0.2, 0.25) is 0 Å². The predicted octanol–water partition coefficient (Wildman–Crippen LogP) is 3.69. The molecule has 0 spiro atoms. The number of aliphatic hydroxyl groups is 1. The van der Waals surface area contributed by atoms with Crippen LogP contribution in [0.5, 0.6) is 0 Å². The van der Waals surface area contributed by atoms with E-state index in [-0.39, 0.29) is 29.3 Å². The molecule has 1 saturated heterocycles. The molecule has 5 nitrogen and oxygen atoms in total. The van der Waals surface area contributed by atoms with Crippen LogP contribution in [0.15, 0.2) is 24.5 Å². The Bertz CT molecular complexity index is 812. The molecular formula is C19H25F2IN4O. The van der Waals surface area contributed by atoms with Gasteiger partial charge in [-0.3, -0.25) is 9.97 Å². The standard InChI is InChI=1S/C19H25F2IN4O/c1-12-8-13(25-18(2,3)11-27)10-26(9-12)15-5-4-14(19(20,21)22)16-17(15)24-7-6-23-16/h4-7,12-13,25,27H,8-11H2,1-3H3/t12-,13+/m0/s1. The third-order valence-electron chi connectivity index (χ3n) is 4.90. The van der Waals surface area contributed by atoms with Crippen LogP contribution in [0.4, 0.5) is 14.5 Å². The lowest BCUT2D eigenvalue weighted by Gasteiger charge is -2.41. The summed E-state index contributed by atoms with van der Waals surface area (Å²) in [6.45, 7) is 7.70. The van der Waals surface area contributed by atoms with Crippen LogP contribution in [0.3, 0.4) is 0 Å². The summed E-state index contributed by atoms with van der Waals surface area (Å²) in [5.74, 6) is 0.420. The summed E-state index contributed by atoms with van der Waals surface area (Å²) in [7, 11) is 0. The summed E-state index contributed by atoms with van der Waals surface area (Å²) < 4.78 is 25.0. The lowest BCUT2D eigenvalue weighted by atomic mass is 9.93. The molecule has 0 unspecified atom stereocenters. The number of nitrogens with one attached hydrogen (secondary N) is 1. The molecule has 2 heterocycles. The van der Waals surface area contributed by atoms with Crippen molar-refractivity contribution in [3.8, 4) is 0 Å². The van der Waals surface area contributed by atoms with Gasteiger partial charge in [0.05, 0.1) is 17.9 Å². The summed E-state index contributed by atoms with van der Waals surface area (Å²) in [6.07, 6.45) is 3.98. The number of halogens is 3. The number of fused-ring (bicyclic) bond motifs is 1. The molecule has 0 saturated carbocycles. The van der Waals surface area contributed by atoms with Gasteiger partial charge >= 0.3 is 3.93 Å². The molecule has 1 fully saturated rings. The van der Waals surface area contributed by atoms with Gasteiger partial charge in [0.15, 0.2) is 0 Å². The van der Waals surface area contributed by atoms with E-state index in [1.54, 1.807) is 12.3 Å². The fourth-order valence-corrected chi connectivity index (χ4v) is 4.21. The van der Waals surface area contributed by atoms with Crippen molar-refractivity contribution in [1.29, 1.82) is 0 Å². The highest BCUT2D eigenvalue weighted by molar-refractivity contribution is 14.1. The maximum atomic E-state index is 14.0. The number of hydrogen-bond acceptors (Lipinski definition) is 5. The van der Waals surface area contributed by atoms with Crippen LogP contribution < -0.4 is 10.2 Å². The molecule has 1 aromatic carbocycles. The minimum atomic E-state index is -3.00. The first-order valence-electron chi connectivity index (χ1n) is 9.05. The zero-order valence-electron chi connectivity index (χ0n) is 15.7. The number of nitrogens with zero attached hydrogens (tertiary/aromatic N) is 3. The third kappa shape index (κ3) is 4.65. The zero-order chi connectivity index (χ0) is 19.8. The van der Waals surface area contributed by atoms with Crippen LogP contribution in [-0.2, 0) is 3.93 Å². The van der Waals surface area contributed by atoms with E-state index < -0.39 is 3.93 Å². The molecule has 2 N–H and O–H groups in total. The van der Waals surface area contributed by atoms with Crippen molar-refractivity contribution >= 4 is 39.3 Å². The molecule has 0 amide bonds. The largest absolute Gasteiger partial charge is 0.394 e. The van der Waals surface area contributed by atoms with E-state index in [0.717, 1.165) is 47.8 Å². The first-order chi connectivity index (χ1) is 12.6. The van der Waals surface area contributed by atoms with Gasteiger partial charge < -0.3 is 15.3 Å². The molecule has 1 aliphatic heterocycles. The number of aromatic nitrogens is 2. The van der Waals surface area contributed by atoms with E-state index in [1.165, 1.54) is 12.3 Å². The van der Waals surface area contributed by atoms with Gasteiger partial charge in [-0.05, 0) is 38.3 Å². The molecule has 0 aliphatic carbocycles. The van der Waals surface area contributed by atoms with Crippen molar-refractivity contribution < 1.29 is 13.9 Å². The quantitative estimate of drug-likeness (QED) is 0.495. The van der Waals surface area contributed by atoms with Crippen molar-refractivity contribution in [2.45, 2.75) is 42.7 Å². The highest BCUT2D eigenvalue weighted by Gasteiger charge is 2.33. The average Bonchev–Trinajstić information content (AvgIpc) is 2.59. The van der Waals surface area contributed by atoms with Crippen molar-refractivity contribution in [1.82, 2.24) is 15.3 Å². The van der Waals surface area contributed by atoms with Gasteiger partial charge in [0, 0.05) is 59.7 Å². The van der Waals surface area contributed by atoms with Crippen LogP contribution in [0.1, 0.15) is 32.8 Å². The van der Waals surface area contributed by atoms with Gasteiger partial charge in [-0.1, -0.05) is 6.92 Å².